The minimum Gasteiger partial charge on any atom is -0.508 e. The molecule has 0 fully saturated rings. The number of hydrogen-bond donors (Lipinski definition) is 3. The second-order valence-corrected chi connectivity index (χ2v) is 4.95. The van der Waals surface area contributed by atoms with Crippen LogP contribution in [0.2, 0.25) is 0 Å². The van der Waals surface area contributed by atoms with E-state index in [1.807, 2.05) is 0 Å². The van der Waals surface area contributed by atoms with Crippen LogP contribution in [0.5, 0.6) is 11.5 Å². The molecule has 0 aromatic heterocycles. The molecule has 0 amide bonds. The van der Waals surface area contributed by atoms with E-state index in [-0.39, 0.29) is 17.3 Å². The number of aromatic hydroxyl groups is 2. The van der Waals surface area contributed by atoms with Gasteiger partial charge in [0.2, 0.25) is 0 Å². The van der Waals surface area contributed by atoms with E-state index in [1.54, 1.807) is 54.6 Å². The molecule has 1 aliphatic carbocycles. The van der Waals surface area contributed by atoms with Crippen LogP contribution in [0.15, 0.2) is 71.8 Å². The number of para-hydroxylation sites is 1. The molecule has 0 saturated carbocycles. The highest BCUT2D eigenvalue weighted by Crippen LogP contribution is 2.36. The van der Waals surface area contributed by atoms with Crippen molar-refractivity contribution < 1.29 is 15.0 Å². The molecule has 0 saturated heterocycles. The Hall–Kier alpha value is -3.34. The van der Waals surface area contributed by atoms with Gasteiger partial charge in [-0.1, -0.05) is 6.07 Å². The van der Waals surface area contributed by atoms with Gasteiger partial charge in [0.1, 0.15) is 11.4 Å². The third-order valence-corrected chi connectivity index (χ3v) is 3.25. The molecule has 1 aliphatic rings. The highest BCUT2D eigenvalue weighted by atomic mass is 16.3. The SMILES string of the molecule is O=C1C=CC(=Nc2cccc(Nc3ccc(O)cc3)c2O)C=C1. The maximum absolute atomic E-state index is 11.1. The molecule has 0 spiro atoms. The largest absolute Gasteiger partial charge is 0.508 e. The van der Waals surface area contributed by atoms with Gasteiger partial charge in [0.25, 0.3) is 0 Å². The fourth-order valence-electron chi connectivity index (χ4n) is 2.08. The molecule has 0 atom stereocenters. The maximum atomic E-state index is 11.1. The standard InChI is InChI=1S/C18H14N2O3/c21-14-8-4-12(5-9-14)19-16-2-1-3-17(18(16)23)20-13-6-10-15(22)11-7-13/h1-11,19,21,23H. The summed E-state index contributed by atoms with van der Waals surface area (Å²) in [6.45, 7) is 0. The van der Waals surface area contributed by atoms with E-state index in [9.17, 15) is 15.0 Å². The lowest BCUT2D eigenvalue weighted by atomic mass is 10.1. The summed E-state index contributed by atoms with van der Waals surface area (Å²) in [5.74, 6) is 0.0908. The van der Waals surface area contributed by atoms with Crippen molar-refractivity contribution in [3.8, 4) is 11.5 Å². The molecule has 0 radical (unpaired) electrons. The van der Waals surface area contributed by atoms with E-state index in [2.05, 4.69) is 10.3 Å². The van der Waals surface area contributed by atoms with E-state index in [0.29, 0.717) is 17.1 Å². The topological polar surface area (TPSA) is 81.9 Å². The van der Waals surface area contributed by atoms with Crippen molar-refractivity contribution in [2.45, 2.75) is 0 Å². The molecule has 3 rings (SSSR count). The van der Waals surface area contributed by atoms with Crippen molar-refractivity contribution in [1.82, 2.24) is 0 Å². The van der Waals surface area contributed by atoms with Gasteiger partial charge in [-0.25, -0.2) is 4.99 Å². The maximum Gasteiger partial charge on any atom is 0.178 e. The van der Waals surface area contributed by atoms with Crippen LogP contribution in [0, 0.1) is 0 Å². The molecule has 5 nitrogen and oxygen atoms in total. The molecule has 2 aromatic rings. The highest BCUT2D eigenvalue weighted by Gasteiger charge is 2.08. The van der Waals surface area contributed by atoms with E-state index in [1.165, 1.54) is 12.2 Å². The van der Waals surface area contributed by atoms with Crippen LogP contribution >= 0.6 is 0 Å². The van der Waals surface area contributed by atoms with Crippen molar-refractivity contribution in [3.63, 3.8) is 0 Å². The number of nitrogens with zero attached hydrogens (tertiary/aromatic N) is 1. The molecule has 0 heterocycles. The Labute approximate surface area is 132 Å². The van der Waals surface area contributed by atoms with Gasteiger partial charge in [-0.05, 0) is 60.7 Å². The number of allylic oxidation sites excluding steroid dienone is 4. The Morgan fingerprint density at radius 2 is 1.57 bits per heavy atom. The normalized spacial score (nSPS) is 13.2. The first kappa shape index (κ1) is 14.6. The zero-order chi connectivity index (χ0) is 16.2. The molecular weight excluding hydrogens is 292 g/mol. The van der Waals surface area contributed by atoms with Gasteiger partial charge in [0.15, 0.2) is 11.5 Å². The van der Waals surface area contributed by atoms with Gasteiger partial charge in [-0.2, -0.15) is 0 Å². The van der Waals surface area contributed by atoms with Crippen LogP contribution in [0.25, 0.3) is 0 Å². The number of nitrogens with one attached hydrogen (secondary N) is 1. The monoisotopic (exact) mass is 306 g/mol. The Kier molecular flexibility index (Phi) is 3.93. The van der Waals surface area contributed by atoms with Gasteiger partial charge in [0, 0.05) is 5.69 Å². The molecule has 0 unspecified atom stereocenters. The molecule has 5 heteroatoms. The lowest BCUT2D eigenvalue weighted by Crippen LogP contribution is -1.98. The molecule has 0 bridgehead atoms. The summed E-state index contributed by atoms with van der Waals surface area (Å²) in [4.78, 5) is 15.4. The fraction of sp³-hybridized carbons (Fsp3) is 0. The minimum absolute atomic E-state index is 0.00627. The van der Waals surface area contributed by atoms with E-state index in [0.717, 1.165) is 5.69 Å². The highest BCUT2D eigenvalue weighted by molar-refractivity contribution is 6.17. The summed E-state index contributed by atoms with van der Waals surface area (Å²) in [5.41, 5.74) is 2.21. The number of hydrogen-bond acceptors (Lipinski definition) is 5. The van der Waals surface area contributed by atoms with Crippen molar-refractivity contribution in [2.75, 3.05) is 5.32 Å². The van der Waals surface area contributed by atoms with Gasteiger partial charge in [-0.15, -0.1) is 0 Å². The summed E-state index contributed by atoms with van der Waals surface area (Å²) in [5, 5.41) is 22.7. The Morgan fingerprint density at radius 1 is 0.870 bits per heavy atom. The predicted molar refractivity (Wildman–Crippen MR) is 89.9 cm³/mol. The van der Waals surface area contributed by atoms with E-state index >= 15 is 0 Å². The van der Waals surface area contributed by atoms with Crippen molar-refractivity contribution in [2.24, 2.45) is 4.99 Å². The Bertz CT molecular complexity index is 816. The van der Waals surface area contributed by atoms with Gasteiger partial charge >= 0.3 is 0 Å². The number of phenolic OH excluding ortho intramolecular Hbond substituents is 2. The number of anilines is 2. The zero-order valence-electron chi connectivity index (χ0n) is 12.1. The summed E-state index contributed by atoms with van der Waals surface area (Å²) < 4.78 is 0. The molecule has 0 aliphatic heterocycles. The number of rotatable bonds is 3. The van der Waals surface area contributed by atoms with E-state index in [4.69, 9.17) is 0 Å². The van der Waals surface area contributed by atoms with E-state index < -0.39 is 0 Å². The summed E-state index contributed by atoms with van der Waals surface area (Å²) in [6.07, 6.45) is 6.05. The molecule has 2 aromatic carbocycles. The number of ketones is 1. The summed E-state index contributed by atoms with van der Waals surface area (Å²) in [7, 11) is 0. The smallest absolute Gasteiger partial charge is 0.178 e. The quantitative estimate of drug-likeness (QED) is 0.459. The van der Waals surface area contributed by atoms with Gasteiger partial charge < -0.3 is 15.5 Å². The van der Waals surface area contributed by atoms with Crippen LogP contribution in [0.3, 0.4) is 0 Å². The average molecular weight is 306 g/mol. The number of benzene rings is 2. The predicted octanol–water partition coefficient (Wildman–Crippen LogP) is 3.61. The lowest BCUT2D eigenvalue weighted by molar-refractivity contribution is -0.110. The number of aliphatic imine (C=N–C) groups is 1. The van der Waals surface area contributed by atoms with Crippen LogP contribution < -0.4 is 5.32 Å². The second kappa shape index (κ2) is 6.19. The summed E-state index contributed by atoms with van der Waals surface area (Å²) >= 11 is 0. The summed E-state index contributed by atoms with van der Waals surface area (Å²) in [6, 6.07) is 11.7. The minimum atomic E-state index is -0.0871. The van der Waals surface area contributed by atoms with Crippen molar-refractivity contribution >= 4 is 28.6 Å². The van der Waals surface area contributed by atoms with Crippen LogP contribution in [-0.2, 0) is 4.79 Å². The van der Waals surface area contributed by atoms with Crippen LogP contribution in [-0.4, -0.2) is 21.7 Å². The first-order chi connectivity index (χ1) is 11.1. The fourth-order valence-corrected chi connectivity index (χ4v) is 2.08. The number of carbonyl (C=O) groups excluding carboxylic acids is 1. The van der Waals surface area contributed by atoms with Crippen molar-refractivity contribution in [1.29, 1.82) is 0 Å². The first-order valence-corrected chi connectivity index (χ1v) is 6.99. The Morgan fingerprint density at radius 3 is 2.26 bits per heavy atom. The Balaban J connectivity index is 1.88. The van der Waals surface area contributed by atoms with Crippen LogP contribution in [0.4, 0.5) is 17.1 Å². The molecule has 3 N–H and O–H groups in total. The third-order valence-electron chi connectivity index (χ3n) is 3.25. The molecular formula is C18H14N2O3. The van der Waals surface area contributed by atoms with Crippen LogP contribution in [0.1, 0.15) is 0 Å². The second-order valence-electron chi connectivity index (χ2n) is 4.95. The number of phenols is 2. The molecule has 114 valence electrons. The van der Waals surface area contributed by atoms with Gasteiger partial charge in [0.05, 0.1) is 11.4 Å². The molecule has 23 heavy (non-hydrogen) atoms. The van der Waals surface area contributed by atoms with Crippen molar-refractivity contribution in [3.05, 3.63) is 66.8 Å². The third kappa shape index (κ3) is 3.47. The lowest BCUT2D eigenvalue weighted by Gasteiger charge is -2.10. The van der Waals surface area contributed by atoms with Gasteiger partial charge in [-0.3, -0.25) is 4.79 Å². The zero-order valence-corrected chi connectivity index (χ0v) is 12.1. The average Bonchev–Trinajstić information content (AvgIpc) is 2.55. The number of carbonyl (C=O) groups is 1. The first-order valence-electron chi connectivity index (χ1n) is 6.99.